The lowest BCUT2D eigenvalue weighted by Gasteiger charge is -2.07. The maximum absolute atomic E-state index is 12.3. The monoisotopic (exact) mass is 417 g/mol. The lowest BCUT2D eigenvalue weighted by atomic mass is 10.1. The standard InChI is InChI=1S/C22H19N5O4/c1-2-30-19(28)14-31-17-10-6-7-15(11-17)13-24-27-22-25-20(16-8-4-3-5-9-16)18(12-23)21(29)26-22/h3-11,13H,2,14H2,1H3,(H2,25,26,27,29). The molecule has 3 aromatic rings. The first-order chi connectivity index (χ1) is 15.1. The predicted molar refractivity (Wildman–Crippen MR) is 115 cm³/mol. The van der Waals surface area contributed by atoms with E-state index in [1.165, 1.54) is 6.21 Å². The minimum absolute atomic E-state index is 0.0767. The second-order valence-corrected chi connectivity index (χ2v) is 6.15. The lowest BCUT2D eigenvalue weighted by Crippen LogP contribution is -2.16. The average Bonchev–Trinajstić information content (AvgIpc) is 2.78. The summed E-state index contributed by atoms with van der Waals surface area (Å²) in [6, 6.07) is 17.8. The van der Waals surface area contributed by atoms with Gasteiger partial charge in [0.2, 0.25) is 5.95 Å². The molecule has 31 heavy (non-hydrogen) atoms. The minimum atomic E-state index is -0.566. The Morgan fingerprint density at radius 1 is 1.26 bits per heavy atom. The van der Waals surface area contributed by atoms with Gasteiger partial charge in [-0.3, -0.25) is 9.78 Å². The van der Waals surface area contributed by atoms with Crippen LogP contribution in [0.25, 0.3) is 11.3 Å². The van der Waals surface area contributed by atoms with Crippen molar-refractivity contribution >= 4 is 18.1 Å². The summed E-state index contributed by atoms with van der Waals surface area (Å²) in [6.07, 6.45) is 1.50. The number of carbonyl (C=O) groups is 1. The maximum atomic E-state index is 12.3. The van der Waals surface area contributed by atoms with Crippen LogP contribution in [0.1, 0.15) is 18.1 Å². The Kier molecular flexibility index (Phi) is 7.11. The van der Waals surface area contributed by atoms with Crippen LogP contribution in [0.3, 0.4) is 0 Å². The molecule has 0 unspecified atom stereocenters. The van der Waals surface area contributed by atoms with Crippen molar-refractivity contribution in [3.8, 4) is 23.1 Å². The zero-order chi connectivity index (χ0) is 22.1. The van der Waals surface area contributed by atoms with Crippen molar-refractivity contribution in [3.63, 3.8) is 0 Å². The Balaban J connectivity index is 1.74. The topological polar surface area (TPSA) is 129 Å². The molecule has 0 amide bonds. The molecule has 3 rings (SSSR count). The Morgan fingerprint density at radius 2 is 2.06 bits per heavy atom. The van der Waals surface area contributed by atoms with Gasteiger partial charge in [0.15, 0.2) is 6.61 Å². The number of ether oxygens (including phenoxy) is 2. The van der Waals surface area contributed by atoms with Gasteiger partial charge in [-0.15, -0.1) is 0 Å². The molecular formula is C22H19N5O4. The van der Waals surface area contributed by atoms with E-state index in [2.05, 4.69) is 20.5 Å². The maximum Gasteiger partial charge on any atom is 0.344 e. The quantitative estimate of drug-likeness (QED) is 0.327. The van der Waals surface area contributed by atoms with E-state index in [4.69, 9.17) is 9.47 Å². The van der Waals surface area contributed by atoms with Crippen LogP contribution in [0.2, 0.25) is 0 Å². The fourth-order valence-electron chi connectivity index (χ4n) is 2.63. The van der Waals surface area contributed by atoms with Crippen LogP contribution in [0.15, 0.2) is 64.5 Å². The average molecular weight is 417 g/mol. The summed E-state index contributed by atoms with van der Waals surface area (Å²) < 4.78 is 10.2. The molecule has 156 valence electrons. The molecule has 9 nitrogen and oxygen atoms in total. The second kappa shape index (κ2) is 10.4. The number of aromatic amines is 1. The van der Waals surface area contributed by atoms with Gasteiger partial charge in [-0.1, -0.05) is 42.5 Å². The molecule has 0 aliphatic carbocycles. The van der Waals surface area contributed by atoms with Crippen LogP contribution in [-0.2, 0) is 9.53 Å². The lowest BCUT2D eigenvalue weighted by molar-refractivity contribution is -0.145. The van der Waals surface area contributed by atoms with Crippen molar-refractivity contribution in [3.05, 3.63) is 76.1 Å². The molecule has 2 aromatic carbocycles. The van der Waals surface area contributed by atoms with E-state index in [9.17, 15) is 14.9 Å². The molecule has 0 atom stereocenters. The summed E-state index contributed by atoms with van der Waals surface area (Å²) in [5.41, 5.74) is 3.61. The third kappa shape index (κ3) is 5.77. The van der Waals surface area contributed by atoms with Crippen molar-refractivity contribution < 1.29 is 14.3 Å². The van der Waals surface area contributed by atoms with E-state index in [-0.39, 0.29) is 30.4 Å². The number of H-pyrrole nitrogens is 1. The zero-order valence-corrected chi connectivity index (χ0v) is 16.7. The molecule has 0 aliphatic heterocycles. The Labute approximate surface area is 178 Å². The highest BCUT2D eigenvalue weighted by Crippen LogP contribution is 2.19. The van der Waals surface area contributed by atoms with E-state index in [0.29, 0.717) is 16.9 Å². The largest absolute Gasteiger partial charge is 0.482 e. The Hall–Kier alpha value is -4.45. The van der Waals surface area contributed by atoms with E-state index in [1.54, 1.807) is 55.5 Å². The van der Waals surface area contributed by atoms with Gasteiger partial charge in [0.25, 0.3) is 5.56 Å². The number of nitrogens with one attached hydrogen (secondary N) is 2. The first kappa shape index (κ1) is 21.3. The van der Waals surface area contributed by atoms with Gasteiger partial charge in [-0.2, -0.15) is 10.4 Å². The van der Waals surface area contributed by atoms with E-state index < -0.39 is 11.5 Å². The van der Waals surface area contributed by atoms with Crippen molar-refractivity contribution in [2.45, 2.75) is 6.92 Å². The summed E-state index contributed by atoms with van der Waals surface area (Å²) in [5, 5.41) is 13.4. The van der Waals surface area contributed by atoms with Crippen molar-refractivity contribution in [1.82, 2.24) is 9.97 Å². The van der Waals surface area contributed by atoms with E-state index in [0.717, 1.165) is 0 Å². The number of hydrogen-bond donors (Lipinski definition) is 2. The summed E-state index contributed by atoms with van der Waals surface area (Å²) in [5.74, 6) is 0.121. The Morgan fingerprint density at radius 3 is 2.81 bits per heavy atom. The third-order valence-corrected chi connectivity index (χ3v) is 3.98. The molecule has 0 spiro atoms. The van der Waals surface area contributed by atoms with Crippen molar-refractivity contribution in [2.75, 3.05) is 18.6 Å². The number of anilines is 1. The SMILES string of the molecule is CCOC(=O)COc1cccc(C=NNc2nc(-c3ccccc3)c(C#N)c(=O)[nH]2)c1. The van der Waals surface area contributed by atoms with Crippen molar-refractivity contribution in [1.29, 1.82) is 5.26 Å². The normalized spacial score (nSPS) is 10.5. The molecule has 0 bridgehead atoms. The van der Waals surface area contributed by atoms with Crippen LogP contribution < -0.4 is 15.7 Å². The van der Waals surface area contributed by atoms with Gasteiger partial charge in [-0.05, 0) is 24.6 Å². The number of aromatic nitrogens is 2. The molecule has 9 heteroatoms. The molecule has 0 saturated carbocycles. The van der Waals surface area contributed by atoms with Crippen LogP contribution in [0, 0.1) is 11.3 Å². The summed E-state index contributed by atoms with van der Waals surface area (Å²) in [6.45, 7) is 1.82. The molecule has 1 heterocycles. The van der Waals surface area contributed by atoms with Crippen LogP contribution >= 0.6 is 0 Å². The fourth-order valence-corrected chi connectivity index (χ4v) is 2.63. The number of carbonyl (C=O) groups excluding carboxylic acids is 1. The second-order valence-electron chi connectivity index (χ2n) is 6.15. The Bertz CT molecular complexity index is 1180. The van der Waals surface area contributed by atoms with Gasteiger partial charge in [0.1, 0.15) is 17.4 Å². The molecule has 1 aromatic heterocycles. The van der Waals surface area contributed by atoms with E-state index in [1.807, 2.05) is 12.1 Å². The van der Waals surface area contributed by atoms with Gasteiger partial charge in [0, 0.05) is 5.56 Å². The number of hydrazone groups is 1. The number of benzene rings is 2. The number of rotatable bonds is 8. The molecule has 2 N–H and O–H groups in total. The van der Waals surface area contributed by atoms with Gasteiger partial charge >= 0.3 is 5.97 Å². The molecule has 0 radical (unpaired) electrons. The third-order valence-electron chi connectivity index (χ3n) is 3.98. The van der Waals surface area contributed by atoms with Gasteiger partial charge in [0.05, 0.1) is 18.5 Å². The first-order valence-electron chi connectivity index (χ1n) is 9.38. The number of esters is 1. The molecule has 0 saturated heterocycles. The highest BCUT2D eigenvalue weighted by atomic mass is 16.6. The van der Waals surface area contributed by atoms with Gasteiger partial charge < -0.3 is 9.47 Å². The fraction of sp³-hybridized carbons (Fsp3) is 0.136. The predicted octanol–water partition coefficient (Wildman–Crippen LogP) is 2.70. The smallest absolute Gasteiger partial charge is 0.344 e. The first-order valence-corrected chi connectivity index (χ1v) is 9.38. The summed E-state index contributed by atoms with van der Waals surface area (Å²) in [7, 11) is 0. The highest BCUT2D eigenvalue weighted by Gasteiger charge is 2.12. The molecular weight excluding hydrogens is 398 g/mol. The van der Waals surface area contributed by atoms with Crippen LogP contribution in [0.4, 0.5) is 5.95 Å². The van der Waals surface area contributed by atoms with E-state index >= 15 is 0 Å². The van der Waals surface area contributed by atoms with Crippen molar-refractivity contribution in [2.24, 2.45) is 5.10 Å². The highest BCUT2D eigenvalue weighted by molar-refractivity contribution is 5.80. The number of hydrogen-bond acceptors (Lipinski definition) is 8. The summed E-state index contributed by atoms with van der Waals surface area (Å²) >= 11 is 0. The number of nitriles is 1. The molecule has 0 fully saturated rings. The molecule has 0 aliphatic rings. The minimum Gasteiger partial charge on any atom is -0.482 e. The zero-order valence-electron chi connectivity index (χ0n) is 16.7. The number of nitrogens with zero attached hydrogens (tertiary/aromatic N) is 3. The van der Waals surface area contributed by atoms with Gasteiger partial charge in [-0.25, -0.2) is 15.2 Å². The van der Waals surface area contributed by atoms with Crippen LogP contribution in [0.5, 0.6) is 5.75 Å². The summed E-state index contributed by atoms with van der Waals surface area (Å²) in [4.78, 5) is 30.4. The van der Waals surface area contributed by atoms with Crippen LogP contribution in [-0.4, -0.2) is 35.4 Å².